The summed E-state index contributed by atoms with van der Waals surface area (Å²) in [5.41, 5.74) is 0.723. The number of rotatable bonds is 4. The van der Waals surface area contributed by atoms with Crippen molar-refractivity contribution in [2.45, 2.75) is 4.90 Å². The van der Waals surface area contributed by atoms with Gasteiger partial charge < -0.3 is 4.42 Å². The second kappa shape index (κ2) is 6.14. The van der Waals surface area contributed by atoms with Gasteiger partial charge in [-0.2, -0.15) is 0 Å². The van der Waals surface area contributed by atoms with Crippen LogP contribution in [0.2, 0.25) is 10.0 Å². The van der Waals surface area contributed by atoms with Crippen LogP contribution in [-0.2, 0) is 0 Å². The number of hydrogen-bond acceptors (Lipinski definition) is 3. The van der Waals surface area contributed by atoms with Gasteiger partial charge in [-0.25, -0.2) is 0 Å². The third-order valence-corrected chi connectivity index (χ3v) is 4.69. The summed E-state index contributed by atoms with van der Waals surface area (Å²) in [6.45, 7) is 0. The minimum Gasteiger partial charge on any atom is -0.453 e. The summed E-state index contributed by atoms with van der Waals surface area (Å²) in [6.07, 6.45) is 0. The van der Waals surface area contributed by atoms with E-state index >= 15 is 0 Å². The van der Waals surface area contributed by atoms with Gasteiger partial charge >= 0.3 is 0 Å². The molecule has 0 aliphatic rings. The molecule has 0 unspecified atom stereocenters. The van der Waals surface area contributed by atoms with Crippen LogP contribution in [0.4, 0.5) is 0 Å². The standard InChI is InChI=1S/C16H10Cl2O2S/c17-12-6-5-11(8-13(12)18)21-9-14(19)16-7-10-3-1-2-4-15(10)20-16/h1-8H,9H2. The first-order valence-electron chi connectivity index (χ1n) is 6.23. The molecular weight excluding hydrogens is 327 g/mol. The Kier molecular flexibility index (Phi) is 4.24. The summed E-state index contributed by atoms with van der Waals surface area (Å²) >= 11 is 13.2. The molecule has 3 rings (SSSR count). The zero-order valence-electron chi connectivity index (χ0n) is 10.8. The van der Waals surface area contributed by atoms with Crippen molar-refractivity contribution in [3.63, 3.8) is 0 Å². The van der Waals surface area contributed by atoms with E-state index in [0.717, 1.165) is 15.9 Å². The molecule has 2 nitrogen and oxygen atoms in total. The molecule has 0 bridgehead atoms. The van der Waals surface area contributed by atoms with E-state index in [1.807, 2.05) is 30.3 Å². The van der Waals surface area contributed by atoms with E-state index in [9.17, 15) is 4.79 Å². The average Bonchev–Trinajstić information content (AvgIpc) is 2.92. The van der Waals surface area contributed by atoms with Crippen molar-refractivity contribution in [1.82, 2.24) is 0 Å². The number of hydrogen-bond donors (Lipinski definition) is 0. The summed E-state index contributed by atoms with van der Waals surface area (Å²) in [5, 5.41) is 1.92. The van der Waals surface area contributed by atoms with Crippen molar-refractivity contribution in [3.8, 4) is 0 Å². The van der Waals surface area contributed by atoms with Crippen LogP contribution < -0.4 is 0 Å². The van der Waals surface area contributed by atoms with E-state index in [2.05, 4.69) is 0 Å². The normalized spacial score (nSPS) is 11.0. The highest BCUT2D eigenvalue weighted by Crippen LogP contribution is 2.29. The van der Waals surface area contributed by atoms with Crippen LogP contribution in [0.25, 0.3) is 11.0 Å². The molecule has 5 heteroatoms. The van der Waals surface area contributed by atoms with Gasteiger partial charge in [-0.3, -0.25) is 4.79 Å². The molecule has 3 aromatic rings. The van der Waals surface area contributed by atoms with Crippen LogP contribution in [0.5, 0.6) is 0 Å². The van der Waals surface area contributed by atoms with E-state index in [-0.39, 0.29) is 11.5 Å². The van der Waals surface area contributed by atoms with Crippen molar-refractivity contribution >= 4 is 51.7 Å². The summed E-state index contributed by atoms with van der Waals surface area (Å²) in [7, 11) is 0. The minimum absolute atomic E-state index is 0.0535. The van der Waals surface area contributed by atoms with Gasteiger partial charge in [0.25, 0.3) is 0 Å². The lowest BCUT2D eigenvalue weighted by atomic mass is 10.2. The van der Waals surface area contributed by atoms with Crippen molar-refractivity contribution in [2.24, 2.45) is 0 Å². The van der Waals surface area contributed by atoms with E-state index in [0.29, 0.717) is 15.8 Å². The molecule has 0 radical (unpaired) electrons. The third-order valence-electron chi connectivity index (χ3n) is 2.96. The highest BCUT2D eigenvalue weighted by Gasteiger charge is 2.12. The lowest BCUT2D eigenvalue weighted by Crippen LogP contribution is -2.00. The molecule has 21 heavy (non-hydrogen) atoms. The van der Waals surface area contributed by atoms with Crippen LogP contribution in [0.15, 0.2) is 57.8 Å². The average molecular weight is 337 g/mol. The van der Waals surface area contributed by atoms with Crippen LogP contribution >= 0.6 is 35.0 Å². The SMILES string of the molecule is O=C(CSc1ccc(Cl)c(Cl)c1)c1cc2ccccc2o1. The van der Waals surface area contributed by atoms with Crippen molar-refractivity contribution in [3.05, 3.63) is 64.3 Å². The molecule has 0 fully saturated rings. The second-order valence-electron chi connectivity index (χ2n) is 4.44. The predicted octanol–water partition coefficient (Wildman–Crippen LogP) is 5.71. The molecule has 0 aliphatic carbocycles. The van der Waals surface area contributed by atoms with Gasteiger partial charge in [-0.1, -0.05) is 41.4 Å². The number of furan rings is 1. The lowest BCUT2D eigenvalue weighted by Gasteiger charge is -2.01. The van der Waals surface area contributed by atoms with Gasteiger partial charge in [0.2, 0.25) is 5.78 Å². The van der Waals surface area contributed by atoms with Gasteiger partial charge in [0.15, 0.2) is 5.76 Å². The summed E-state index contributed by atoms with van der Waals surface area (Å²) in [4.78, 5) is 13.1. The number of fused-ring (bicyclic) bond motifs is 1. The zero-order chi connectivity index (χ0) is 14.8. The van der Waals surface area contributed by atoms with E-state index in [4.69, 9.17) is 27.6 Å². The number of ketones is 1. The molecule has 0 aliphatic heterocycles. The number of carbonyl (C=O) groups excluding carboxylic acids is 1. The topological polar surface area (TPSA) is 30.2 Å². The van der Waals surface area contributed by atoms with Gasteiger partial charge in [-0.15, -0.1) is 11.8 Å². The Balaban J connectivity index is 1.72. The Morgan fingerprint density at radius 3 is 2.62 bits per heavy atom. The molecule has 106 valence electrons. The highest BCUT2D eigenvalue weighted by molar-refractivity contribution is 8.00. The van der Waals surface area contributed by atoms with Gasteiger partial charge in [0.05, 0.1) is 15.8 Å². The number of thioether (sulfide) groups is 1. The smallest absolute Gasteiger partial charge is 0.208 e. The van der Waals surface area contributed by atoms with Crippen LogP contribution in [0.3, 0.4) is 0 Å². The van der Waals surface area contributed by atoms with Gasteiger partial charge in [-0.05, 0) is 30.3 Å². The van der Waals surface area contributed by atoms with E-state index in [1.54, 1.807) is 18.2 Å². The Labute approximate surface area is 136 Å². The monoisotopic (exact) mass is 336 g/mol. The molecule has 2 aromatic carbocycles. The fourth-order valence-electron chi connectivity index (χ4n) is 1.91. The summed E-state index contributed by atoms with van der Waals surface area (Å²) < 4.78 is 5.55. The molecule has 0 saturated carbocycles. The van der Waals surface area contributed by atoms with Crippen molar-refractivity contribution in [1.29, 1.82) is 0 Å². The number of para-hydroxylation sites is 1. The number of carbonyl (C=O) groups is 1. The number of Topliss-reactive ketones (excluding diaryl/α,β-unsaturated/α-hetero) is 1. The Bertz CT molecular complexity index is 778. The first kappa shape index (κ1) is 14.5. The molecule has 0 amide bonds. The minimum atomic E-state index is -0.0535. The maximum atomic E-state index is 12.2. The first-order chi connectivity index (χ1) is 10.1. The first-order valence-corrected chi connectivity index (χ1v) is 7.97. The molecule has 1 heterocycles. The molecule has 0 atom stereocenters. The summed E-state index contributed by atoms with van der Waals surface area (Å²) in [6, 6.07) is 14.6. The number of halogens is 2. The fraction of sp³-hybridized carbons (Fsp3) is 0.0625. The van der Waals surface area contributed by atoms with E-state index in [1.165, 1.54) is 11.8 Å². The van der Waals surface area contributed by atoms with Gasteiger partial charge in [0.1, 0.15) is 5.58 Å². The lowest BCUT2D eigenvalue weighted by molar-refractivity contribution is 0.0994. The maximum absolute atomic E-state index is 12.2. The molecular formula is C16H10Cl2O2S. The maximum Gasteiger partial charge on any atom is 0.208 e. The van der Waals surface area contributed by atoms with Crippen LogP contribution in [0, 0.1) is 0 Å². The summed E-state index contributed by atoms with van der Waals surface area (Å²) in [5.74, 6) is 0.614. The van der Waals surface area contributed by atoms with Crippen LogP contribution in [0.1, 0.15) is 10.6 Å². The number of benzene rings is 2. The fourth-order valence-corrected chi connectivity index (χ4v) is 3.07. The molecule has 0 saturated heterocycles. The van der Waals surface area contributed by atoms with Crippen molar-refractivity contribution < 1.29 is 9.21 Å². The zero-order valence-corrected chi connectivity index (χ0v) is 13.1. The van der Waals surface area contributed by atoms with E-state index < -0.39 is 0 Å². The van der Waals surface area contributed by atoms with Crippen molar-refractivity contribution in [2.75, 3.05) is 5.75 Å². The Morgan fingerprint density at radius 2 is 1.86 bits per heavy atom. The highest BCUT2D eigenvalue weighted by atomic mass is 35.5. The Morgan fingerprint density at radius 1 is 1.05 bits per heavy atom. The molecule has 1 aromatic heterocycles. The van der Waals surface area contributed by atoms with Crippen LogP contribution in [-0.4, -0.2) is 11.5 Å². The quantitative estimate of drug-likeness (QED) is 0.451. The predicted molar refractivity (Wildman–Crippen MR) is 87.7 cm³/mol. The molecule has 0 spiro atoms. The van der Waals surface area contributed by atoms with Gasteiger partial charge in [0, 0.05) is 10.3 Å². The largest absolute Gasteiger partial charge is 0.453 e. The Hall–Kier alpha value is -1.42. The third kappa shape index (κ3) is 3.26. The molecule has 0 N–H and O–H groups in total. The second-order valence-corrected chi connectivity index (χ2v) is 6.30.